The van der Waals surface area contributed by atoms with Gasteiger partial charge in [-0.3, -0.25) is 0 Å². The van der Waals surface area contributed by atoms with Crippen molar-refractivity contribution in [2.45, 2.75) is 25.7 Å². The van der Waals surface area contributed by atoms with Gasteiger partial charge < -0.3 is 9.15 Å². The second-order valence-corrected chi connectivity index (χ2v) is 6.78. The number of benzene rings is 1. The van der Waals surface area contributed by atoms with E-state index in [2.05, 4.69) is 28.3 Å². The largest absolute Gasteiger partial charge is 0.472 e. The zero-order chi connectivity index (χ0) is 15.4. The van der Waals surface area contributed by atoms with Gasteiger partial charge in [0.2, 0.25) is 4.96 Å². The van der Waals surface area contributed by atoms with E-state index in [0.29, 0.717) is 5.19 Å². The van der Waals surface area contributed by atoms with Crippen LogP contribution in [0.15, 0.2) is 28.8 Å². The fraction of sp³-hybridized carbons (Fsp3) is 0.294. The van der Waals surface area contributed by atoms with E-state index < -0.39 is 0 Å². The zero-order valence-corrected chi connectivity index (χ0v) is 13.5. The first kappa shape index (κ1) is 13.1. The fourth-order valence-electron chi connectivity index (χ4n) is 3.34. The lowest BCUT2D eigenvalue weighted by atomic mass is 9.90. The summed E-state index contributed by atoms with van der Waals surface area (Å²) >= 11 is 1.42. The van der Waals surface area contributed by atoms with E-state index in [0.717, 1.165) is 40.2 Å². The van der Waals surface area contributed by atoms with Crippen LogP contribution in [0.1, 0.15) is 24.0 Å². The van der Waals surface area contributed by atoms with Crippen molar-refractivity contribution in [1.82, 2.24) is 14.6 Å². The van der Waals surface area contributed by atoms with Crippen molar-refractivity contribution >= 4 is 27.3 Å². The second-order valence-electron chi connectivity index (χ2n) is 5.86. The Bertz CT molecular complexity index is 996. The molecule has 0 N–H and O–H groups in total. The molecular formula is C17H15N3O2S. The number of aromatic nitrogens is 3. The van der Waals surface area contributed by atoms with Gasteiger partial charge in [0.05, 0.1) is 13.3 Å². The predicted molar refractivity (Wildman–Crippen MR) is 89.3 cm³/mol. The fourth-order valence-corrected chi connectivity index (χ4v) is 4.04. The van der Waals surface area contributed by atoms with Gasteiger partial charge in [0, 0.05) is 5.39 Å². The van der Waals surface area contributed by atoms with Crippen LogP contribution in [0.5, 0.6) is 5.19 Å². The van der Waals surface area contributed by atoms with Gasteiger partial charge in [-0.1, -0.05) is 12.1 Å². The van der Waals surface area contributed by atoms with Crippen LogP contribution < -0.4 is 4.74 Å². The molecular weight excluding hydrogens is 310 g/mol. The van der Waals surface area contributed by atoms with Gasteiger partial charge in [-0.15, -0.1) is 5.10 Å². The number of aryl methyl sites for hydroxylation is 2. The molecule has 4 aromatic rings. The average molecular weight is 325 g/mol. The number of hydrogen-bond donors (Lipinski definition) is 0. The van der Waals surface area contributed by atoms with Gasteiger partial charge in [0.15, 0.2) is 5.76 Å². The van der Waals surface area contributed by atoms with Gasteiger partial charge in [-0.2, -0.15) is 0 Å². The van der Waals surface area contributed by atoms with Gasteiger partial charge in [-0.25, -0.2) is 9.50 Å². The van der Waals surface area contributed by atoms with Gasteiger partial charge >= 0.3 is 0 Å². The summed E-state index contributed by atoms with van der Waals surface area (Å²) in [7, 11) is 1.61. The van der Waals surface area contributed by atoms with E-state index in [1.165, 1.54) is 35.3 Å². The first-order valence-corrected chi connectivity index (χ1v) is 8.58. The van der Waals surface area contributed by atoms with E-state index in [-0.39, 0.29) is 0 Å². The Labute approximate surface area is 136 Å². The minimum absolute atomic E-state index is 0.609. The third-order valence-corrected chi connectivity index (χ3v) is 5.35. The molecule has 0 atom stereocenters. The Morgan fingerprint density at radius 2 is 2.17 bits per heavy atom. The van der Waals surface area contributed by atoms with E-state index >= 15 is 0 Å². The molecule has 0 unspecified atom stereocenters. The van der Waals surface area contributed by atoms with Crippen LogP contribution >= 0.6 is 11.3 Å². The molecule has 23 heavy (non-hydrogen) atoms. The topological polar surface area (TPSA) is 52.6 Å². The van der Waals surface area contributed by atoms with Crippen LogP contribution in [0.2, 0.25) is 0 Å². The highest BCUT2D eigenvalue weighted by molar-refractivity contribution is 7.18. The van der Waals surface area contributed by atoms with E-state index in [1.807, 2.05) is 6.20 Å². The molecule has 0 saturated carbocycles. The van der Waals surface area contributed by atoms with Crippen molar-refractivity contribution in [2.24, 2.45) is 0 Å². The third kappa shape index (κ3) is 1.98. The Morgan fingerprint density at radius 3 is 3.04 bits per heavy atom. The molecule has 3 heterocycles. The highest BCUT2D eigenvalue weighted by atomic mass is 32.1. The van der Waals surface area contributed by atoms with Gasteiger partial charge in [-0.05, 0) is 54.2 Å². The van der Waals surface area contributed by atoms with Crippen LogP contribution in [0, 0.1) is 0 Å². The number of furan rings is 1. The van der Waals surface area contributed by atoms with Crippen LogP contribution in [0.25, 0.3) is 27.4 Å². The summed E-state index contributed by atoms with van der Waals surface area (Å²) < 4.78 is 13.1. The summed E-state index contributed by atoms with van der Waals surface area (Å²) in [6.45, 7) is 0. The molecule has 1 aliphatic rings. The van der Waals surface area contributed by atoms with Crippen molar-refractivity contribution < 1.29 is 9.15 Å². The SMILES string of the molecule is COc1nn2cc(-c3cc4ccc5c(c4o3)CCCC5)nc2s1. The lowest BCUT2D eigenvalue weighted by molar-refractivity contribution is 0.405. The lowest BCUT2D eigenvalue weighted by Gasteiger charge is -2.15. The summed E-state index contributed by atoms with van der Waals surface area (Å²) in [5.41, 5.74) is 4.65. The highest BCUT2D eigenvalue weighted by Crippen LogP contribution is 2.35. The third-order valence-electron chi connectivity index (χ3n) is 4.46. The van der Waals surface area contributed by atoms with Crippen LogP contribution in [0.3, 0.4) is 0 Å². The molecule has 0 radical (unpaired) electrons. The molecule has 5 rings (SSSR count). The number of hydrogen-bond acceptors (Lipinski definition) is 5. The molecule has 116 valence electrons. The molecule has 0 amide bonds. The van der Waals surface area contributed by atoms with Crippen molar-refractivity contribution in [3.8, 4) is 16.6 Å². The molecule has 0 fully saturated rings. The van der Waals surface area contributed by atoms with E-state index in [4.69, 9.17) is 9.15 Å². The number of fused-ring (bicyclic) bond motifs is 4. The maximum atomic E-state index is 6.18. The minimum Gasteiger partial charge on any atom is -0.472 e. The molecule has 1 aromatic carbocycles. The standard InChI is InChI=1S/C17H15N3O2S/c1-21-17-19-20-9-13(18-16(20)23-17)14-8-11-7-6-10-4-2-3-5-12(10)15(11)22-14/h6-9H,2-5H2,1H3. The normalized spacial score (nSPS) is 14.5. The van der Waals surface area contributed by atoms with E-state index in [1.54, 1.807) is 11.6 Å². The summed E-state index contributed by atoms with van der Waals surface area (Å²) in [6.07, 6.45) is 6.67. The number of imidazole rings is 1. The summed E-state index contributed by atoms with van der Waals surface area (Å²) in [5, 5.41) is 6.07. The van der Waals surface area contributed by atoms with Crippen LogP contribution in [-0.4, -0.2) is 21.7 Å². The average Bonchev–Trinajstić information content (AvgIpc) is 3.26. The highest BCUT2D eigenvalue weighted by Gasteiger charge is 2.18. The molecule has 3 aromatic heterocycles. The molecule has 6 heteroatoms. The lowest BCUT2D eigenvalue weighted by Crippen LogP contribution is -2.02. The first-order valence-electron chi connectivity index (χ1n) is 7.77. The zero-order valence-electron chi connectivity index (χ0n) is 12.7. The summed E-state index contributed by atoms with van der Waals surface area (Å²) in [5.74, 6) is 0.802. The van der Waals surface area contributed by atoms with Crippen molar-refractivity contribution in [3.05, 3.63) is 35.5 Å². The van der Waals surface area contributed by atoms with E-state index in [9.17, 15) is 0 Å². The maximum Gasteiger partial charge on any atom is 0.294 e. The second kappa shape index (κ2) is 4.83. The van der Waals surface area contributed by atoms with Crippen molar-refractivity contribution in [2.75, 3.05) is 7.11 Å². The van der Waals surface area contributed by atoms with Crippen LogP contribution in [-0.2, 0) is 12.8 Å². The Hall–Kier alpha value is -2.34. The predicted octanol–water partition coefficient (Wildman–Crippen LogP) is 4.09. The number of methoxy groups -OCH3 is 1. The number of ether oxygens (including phenoxy) is 1. The number of rotatable bonds is 2. The quantitative estimate of drug-likeness (QED) is 0.557. The van der Waals surface area contributed by atoms with Crippen molar-refractivity contribution in [1.29, 1.82) is 0 Å². The number of nitrogens with zero attached hydrogens (tertiary/aromatic N) is 3. The Kier molecular flexibility index (Phi) is 2.76. The molecule has 0 spiro atoms. The Balaban J connectivity index is 1.65. The monoisotopic (exact) mass is 325 g/mol. The van der Waals surface area contributed by atoms with Crippen molar-refractivity contribution in [3.63, 3.8) is 0 Å². The first-order chi connectivity index (χ1) is 11.3. The maximum absolute atomic E-state index is 6.18. The minimum atomic E-state index is 0.609. The van der Waals surface area contributed by atoms with Gasteiger partial charge in [0.25, 0.3) is 5.19 Å². The molecule has 0 saturated heterocycles. The molecule has 0 bridgehead atoms. The summed E-state index contributed by atoms with van der Waals surface area (Å²) in [4.78, 5) is 5.41. The molecule has 1 aliphatic carbocycles. The smallest absolute Gasteiger partial charge is 0.294 e. The Morgan fingerprint density at radius 1 is 1.26 bits per heavy atom. The molecule has 0 aliphatic heterocycles. The summed E-state index contributed by atoms with van der Waals surface area (Å²) in [6, 6.07) is 6.48. The van der Waals surface area contributed by atoms with Crippen LogP contribution in [0.4, 0.5) is 0 Å². The molecule has 5 nitrogen and oxygen atoms in total. The van der Waals surface area contributed by atoms with Gasteiger partial charge in [0.1, 0.15) is 11.3 Å².